The van der Waals surface area contributed by atoms with Gasteiger partial charge in [-0.1, -0.05) is 18.2 Å². The minimum atomic E-state index is -0.0220. The molecular formula is C15H16N2O. The van der Waals surface area contributed by atoms with Crippen LogP contribution in [0.4, 0.5) is 5.69 Å². The highest BCUT2D eigenvalue weighted by molar-refractivity contribution is 5.92. The summed E-state index contributed by atoms with van der Waals surface area (Å²) in [5.74, 6) is -0.0220. The Morgan fingerprint density at radius 3 is 2.72 bits per heavy atom. The zero-order valence-electron chi connectivity index (χ0n) is 10.6. The van der Waals surface area contributed by atoms with Gasteiger partial charge in [0.25, 0.3) is 0 Å². The van der Waals surface area contributed by atoms with Crippen LogP contribution >= 0.6 is 0 Å². The van der Waals surface area contributed by atoms with Gasteiger partial charge in [0, 0.05) is 6.20 Å². The summed E-state index contributed by atoms with van der Waals surface area (Å²) in [7, 11) is 0. The summed E-state index contributed by atoms with van der Waals surface area (Å²) in [6, 6.07) is 9.71. The normalized spacial score (nSPS) is 10.1. The number of benzene rings is 1. The molecule has 0 aliphatic rings. The average Bonchev–Trinajstić information content (AvgIpc) is 2.35. The van der Waals surface area contributed by atoms with E-state index in [0.29, 0.717) is 6.42 Å². The quantitative estimate of drug-likeness (QED) is 0.896. The number of carbonyl (C=O) groups is 1. The number of pyridine rings is 1. The first kappa shape index (κ1) is 12.3. The summed E-state index contributed by atoms with van der Waals surface area (Å²) in [6.07, 6.45) is 3.70. The minimum absolute atomic E-state index is 0.0220. The number of aryl methyl sites for hydroxylation is 2. The van der Waals surface area contributed by atoms with Crippen molar-refractivity contribution in [3.63, 3.8) is 0 Å². The molecule has 0 spiro atoms. The fourth-order valence-corrected chi connectivity index (χ4v) is 1.74. The Hall–Kier alpha value is -2.16. The molecule has 1 aromatic carbocycles. The Labute approximate surface area is 107 Å². The Bertz CT molecular complexity index is 550. The van der Waals surface area contributed by atoms with Crippen molar-refractivity contribution in [3.8, 4) is 0 Å². The number of carbonyl (C=O) groups excluding carboxylic acids is 1. The molecule has 0 saturated heterocycles. The molecule has 92 valence electrons. The lowest BCUT2D eigenvalue weighted by Gasteiger charge is -2.06. The third-order valence-electron chi connectivity index (χ3n) is 2.88. The summed E-state index contributed by atoms with van der Waals surface area (Å²) in [6.45, 7) is 4.12. The molecule has 0 fully saturated rings. The van der Waals surface area contributed by atoms with Crippen LogP contribution in [0, 0.1) is 13.8 Å². The van der Waals surface area contributed by atoms with E-state index in [9.17, 15) is 4.79 Å². The highest BCUT2D eigenvalue weighted by Crippen LogP contribution is 2.11. The van der Waals surface area contributed by atoms with E-state index < -0.39 is 0 Å². The fraction of sp³-hybridized carbons (Fsp3) is 0.200. The van der Waals surface area contributed by atoms with Crippen LogP contribution in [-0.4, -0.2) is 10.9 Å². The van der Waals surface area contributed by atoms with Crippen molar-refractivity contribution in [2.75, 3.05) is 5.32 Å². The Morgan fingerprint density at radius 2 is 2.06 bits per heavy atom. The number of anilines is 1. The van der Waals surface area contributed by atoms with Crippen LogP contribution in [0.3, 0.4) is 0 Å². The van der Waals surface area contributed by atoms with Crippen molar-refractivity contribution >= 4 is 11.6 Å². The van der Waals surface area contributed by atoms with E-state index in [1.165, 1.54) is 11.1 Å². The molecule has 0 bridgehead atoms. The molecule has 2 rings (SSSR count). The first-order chi connectivity index (χ1) is 8.65. The monoisotopic (exact) mass is 240 g/mol. The second kappa shape index (κ2) is 5.45. The molecule has 0 unspecified atom stereocenters. The lowest BCUT2D eigenvalue weighted by atomic mass is 10.0. The maximum Gasteiger partial charge on any atom is 0.228 e. The van der Waals surface area contributed by atoms with Gasteiger partial charge in [-0.05, 0) is 42.7 Å². The second-order valence-electron chi connectivity index (χ2n) is 4.39. The Morgan fingerprint density at radius 1 is 1.22 bits per heavy atom. The van der Waals surface area contributed by atoms with Crippen molar-refractivity contribution in [2.45, 2.75) is 20.3 Å². The van der Waals surface area contributed by atoms with Gasteiger partial charge >= 0.3 is 0 Å². The Kier molecular flexibility index (Phi) is 3.72. The van der Waals surface area contributed by atoms with Crippen molar-refractivity contribution in [1.82, 2.24) is 4.98 Å². The minimum Gasteiger partial charge on any atom is -0.324 e. The van der Waals surface area contributed by atoms with Gasteiger partial charge in [-0.3, -0.25) is 9.78 Å². The third kappa shape index (κ3) is 3.17. The van der Waals surface area contributed by atoms with Gasteiger partial charge in [0.1, 0.15) is 0 Å². The fourth-order valence-electron chi connectivity index (χ4n) is 1.74. The maximum atomic E-state index is 11.8. The number of hydrogen-bond donors (Lipinski definition) is 1. The van der Waals surface area contributed by atoms with Gasteiger partial charge in [-0.25, -0.2) is 0 Å². The third-order valence-corrected chi connectivity index (χ3v) is 2.88. The zero-order valence-corrected chi connectivity index (χ0v) is 10.6. The van der Waals surface area contributed by atoms with Crippen LogP contribution in [-0.2, 0) is 11.2 Å². The van der Waals surface area contributed by atoms with E-state index in [1.807, 2.05) is 18.2 Å². The molecule has 2 aromatic rings. The van der Waals surface area contributed by atoms with Gasteiger partial charge in [0.2, 0.25) is 5.91 Å². The summed E-state index contributed by atoms with van der Waals surface area (Å²) in [5.41, 5.74) is 4.21. The summed E-state index contributed by atoms with van der Waals surface area (Å²) in [5, 5.41) is 2.82. The highest BCUT2D eigenvalue weighted by Gasteiger charge is 2.05. The molecule has 0 aliphatic heterocycles. The second-order valence-corrected chi connectivity index (χ2v) is 4.39. The van der Waals surface area contributed by atoms with E-state index in [-0.39, 0.29) is 5.91 Å². The lowest BCUT2D eigenvalue weighted by Crippen LogP contribution is -2.14. The van der Waals surface area contributed by atoms with Crippen molar-refractivity contribution in [2.24, 2.45) is 0 Å². The number of hydrogen-bond acceptors (Lipinski definition) is 2. The number of aromatic nitrogens is 1. The molecule has 0 saturated carbocycles. The first-order valence-electron chi connectivity index (χ1n) is 5.91. The van der Waals surface area contributed by atoms with Crippen molar-refractivity contribution in [1.29, 1.82) is 0 Å². The topological polar surface area (TPSA) is 42.0 Å². The largest absolute Gasteiger partial charge is 0.324 e. The number of rotatable bonds is 3. The molecule has 0 atom stereocenters. The molecular weight excluding hydrogens is 224 g/mol. The van der Waals surface area contributed by atoms with Gasteiger partial charge in [-0.2, -0.15) is 0 Å². The van der Waals surface area contributed by atoms with Crippen LogP contribution < -0.4 is 5.32 Å². The van der Waals surface area contributed by atoms with E-state index in [2.05, 4.69) is 30.2 Å². The van der Waals surface area contributed by atoms with E-state index >= 15 is 0 Å². The van der Waals surface area contributed by atoms with Gasteiger partial charge in [0.15, 0.2) is 0 Å². The molecule has 1 N–H and O–H groups in total. The summed E-state index contributed by atoms with van der Waals surface area (Å²) < 4.78 is 0. The Balaban J connectivity index is 2.01. The van der Waals surface area contributed by atoms with Crippen LogP contribution in [0.2, 0.25) is 0 Å². The average molecular weight is 240 g/mol. The molecule has 1 aromatic heterocycles. The lowest BCUT2D eigenvalue weighted by molar-refractivity contribution is -0.115. The summed E-state index contributed by atoms with van der Waals surface area (Å²) in [4.78, 5) is 15.8. The summed E-state index contributed by atoms with van der Waals surface area (Å²) >= 11 is 0. The van der Waals surface area contributed by atoms with E-state index in [4.69, 9.17) is 0 Å². The molecule has 3 heteroatoms. The molecule has 1 amide bonds. The van der Waals surface area contributed by atoms with E-state index in [0.717, 1.165) is 11.3 Å². The molecule has 0 radical (unpaired) electrons. The predicted molar refractivity (Wildman–Crippen MR) is 72.5 cm³/mol. The predicted octanol–water partition coefficient (Wildman–Crippen LogP) is 2.88. The molecule has 0 aliphatic carbocycles. The van der Waals surface area contributed by atoms with Gasteiger partial charge in [-0.15, -0.1) is 0 Å². The van der Waals surface area contributed by atoms with Crippen LogP contribution in [0.1, 0.15) is 16.7 Å². The number of nitrogens with zero attached hydrogens (tertiary/aromatic N) is 1. The standard InChI is InChI=1S/C15H16N2O/c1-11-5-6-13(8-12(11)2)9-15(18)17-14-4-3-7-16-10-14/h3-8,10H,9H2,1-2H3,(H,17,18). The maximum absolute atomic E-state index is 11.8. The smallest absolute Gasteiger partial charge is 0.228 e. The molecule has 3 nitrogen and oxygen atoms in total. The first-order valence-corrected chi connectivity index (χ1v) is 5.91. The van der Waals surface area contributed by atoms with Gasteiger partial charge in [0.05, 0.1) is 18.3 Å². The zero-order chi connectivity index (χ0) is 13.0. The SMILES string of the molecule is Cc1ccc(CC(=O)Nc2cccnc2)cc1C. The van der Waals surface area contributed by atoms with Crippen LogP contribution in [0.15, 0.2) is 42.7 Å². The highest BCUT2D eigenvalue weighted by atomic mass is 16.1. The van der Waals surface area contributed by atoms with Crippen LogP contribution in [0.5, 0.6) is 0 Å². The number of amides is 1. The molecule has 18 heavy (non-hydrogen) atoms. The van der Waals surface area contributed by atoms with Crippen molar-refractivity contribution in [3.05, 3.63) is 59.4 Å². The van der Waals surface area contributed by atoms with Crippen LogP contribution in [0.25, 0.3) is 0 Å². The number of nitrogens with one attached hydrogen (secondary N) is 1. The van der Waals surface area contributed by atoms with Gasteiger partial charge < -0.3 is 5.32 Å². The van der Waals surface area contributed by atoms with E-state index in [1.54, 1.807) is 18.5 Å². The van der Waals surface area contributed by atoms with Crippen molar-refractivity contribution < 1.29 is 4.79 Å². The molecule has 1 heterocycles.